The van der Waals surface area contributed by atoms with E-state index >= 15 is 0 Å². The van der Waals surface area contributed by atoms with Gasteiger partial charge in [0.05, 0.1) is 12.7 Å². The zero-order valence-electron chi connectivity index (χ0n) is 10.5. The van der Waals surface area contributed by atoms with E-state index in [4.69, 9.17) is 16.3 Å². The van der Waals surface area contributed by atoms with Crippen LogP contribution in [0.25, 0.3) is 0 Å². The van der Waals surface area contributed by atoms with Gasteiger partial charge in [-0.15, -0.1) is 5.10 Å². The average Bonchev–Trinajstić information content (AvgIpc) is 2.85. The third kappa shape index (κ3) is 4.19. The lowest BCUT2D eigenvalue weighted by Crippen LogP contribution is -2.23. The Hall–Kier alpha value is -2.09. The van der Waals surface area contributed by atoms with E-state index in [1.807, 2.05) is 0 Å². The summed E-state index contributed by atoms with van der Waals surface area (Å²) in [7, 11) is 0. The van der Waals surface area contributed by atoms with E-state index in [9.17, 15) is 18.0 Å². The fraction of sp³-hybridized carbons (Fsp3) is 0.250. The molecule has 5 nitrogen and oxygen atoms in total. The van der Waals surface area contributed by atoms with Gasteiger partial charge in [-0.05, 0) is 18.2 Å². The van der Waals surface area contributed by atoms with E-state index in [0.29, 0.717) is 10.8 Å². The van der Waals surface area contributed by atoms with Gasteiger partial charge in [0, 0.05) is 5.02 Å². The van der Waals surface area contributed by atoms with E-state index in [1.54, 1.807) is 24.3 Å². The second-order valence-electron chi connectivity index (χ2n) is 4.00. The number of hydrogen-bond donors (Lipinski definition) is 0. The van der Waals surface area contributed by atoms with E-state index in [1.165, 1.54) is 0 Å². The van der Waals surface area contributed by atoms with Crippen molar-refractivity contribution in [2.24, 2.45) is 0 Å². The van der Waals surface area contributed by atoms with Crippen LogP contribution in [0.4, 0.5) is 13.2 Å². The molecule has 0 atom stereocenters. The molecule has 0 aliphatic carbocycles. The number of aromatic nitrogens is 3. The van der Waals surface area contributed by atoms with Crippen molar-refractivity contribution < 1.29 is 22.7 Å². The third-order valence-corrected chi connectivity index (χ3v) is 2.65. The van der Waals surface area contributed by atoms with E-state index in [-0.39, 0.29) is 13.2 Å². The first-order chi connectivity index (χ1) is 9.86. The second-order valence-corrected chi connectivity index (χ2v) is 4.44. The molecule has 0 aliphatic rings. The Morgan fingerprint density at radius 2 is 2.14 bits per heavy atom. The number of ether oxygens (including phenoxy) is 1. The first-order valence-electron chi connectivity index (χ1n) is 5.76. The van der Waals surface area contributed by atoms with Gasteiger partial charge in [-0.25, -0.2) is 4.68 Å². The van der Waals surface area contributed by atoms with Gasteiger partial charge in [0.1, 0.15) is 12.4 Å². The first-order valence-corrected chi connectivity index (χ1v) is 6.14. The molecular formula is C12H9ClF3N3O2. The van der Waals surface area contributed by atoms with E-state index in [2.05, 4.69) is 10.3 Å². The Morgan fingerprint density at radius 3 is 2.81 bits per heavy atom. The third-order valence-electron chi connectivity index (χ3n) is 2.41. The van der Waals surface area contributed by atoms with Gasteiger partial charge in [0.15, 0.2) is 5.69 Å². The van der Waals surface area contributed by atoms with Gasteiger partial charge >= 0.3 is 6.18 Å². The summed E-state index contributed by atoms with van der Waals surface area (Å²) in [5.41, 5.74) is -0.745. The van der Waals surface area contributed by atoms with Crippen molar-refractivity contribution >= 4 is 17.4 Å². The number of ketones is 1. The highest BCUT2D eigenvalue weighted by molar-refractivity contribution is 6.30. The number of rotatable bonds is 5. The second kappa shape index (κ2) is 6.13. The van der Waals surface area contributed by atoms with Crippen LogP contribution in [-0.2, 0) is 6.54 Å². The van der Waals surface area contributed by atoms with Crippen molar-refractivity contribution in [3.05, 3.63) is 41.2 Å². The Labute approximate surface area is 122 Å². The molecule has 0 saturated heterocycles. The minimum atomic E-state index is -4.96. The van der Waals surface area contributed by atoms with E-state index < -0.39 is 17.7 Å². The summed E-state index contributed by atoms with van der Waals surface area (Å²) in [5.74, 6) is -1.50. The highest BCUT2D eigenvalue weighted by atomic mass is 35.5. The van der Waals surface area contributed by atoms with Crippen molar-refractivity contribution in [3.8, 4) is 5.75 Å². The Bertz CT molecular complexity index is 643. The Morgan fingerprint density at radius 1 is 1.38 bits per heavy atom. The number of carbonyl (C=O) groups excluding carboxylic acids is 1. The van der Waals surface area contributed by atoms with Gasteiger partial charge in [0.25, 0.3) is 5.78 Å². The van der Waals surface area contributed by atoms with Crippen LogP contribution in [0.5, 0.6) is 5.75 Å². The highest BCUT2D eigenvalue weighted by Gasteiger charge is 2.41. The van der Waals surface area contributed by atoms with Crippen molar-refractivity contribution in [2.75, 3.05) is 6.61 Å². The molecule has 1 heterocycles. The maximum absolute atomic E-state index is 12.2. The normalized spacial score (nSPS) is 11.4. The lowest BCUT2D eigenvalue weighted by atomic mass is 10.3. The smallest absolute Gasteiger partial charge is 0.456 e. The highest BCUT2D eigenvalue weighted by Crippen LogP contribution is 2.20. The summed E-state index contributed by atoms with van der Waals surface area (Å²) >= 11 is 5.77. The average molecular weight is 320 g/mol. The van der Waals surface area contributed by atoms with Gasteiger partial charge < -0.3 is 4.74 Å². The molecule has 1 aromatic carbocycles. The molecular weight excluding hydrogens is 311 g/mol. The van der Waals surface area contributed by atoms with Gasteiger partial charge in [0.2, 0.25) is 0 Å². The van der Waals surface area contributed by atoms with Crippen LogP contribution in [0.1, 0.15) is 10.5 Å². The van der Waals surface area contributed by atoms with Crippen molar-refractivity contribution in [1.29, 1.82) is 0 Å². The van der Waals surface area contributed by atoms with Crippen molar-refractivity contribution in [2.45, 2.75) is 12.7 Å². The van der Waals surface area contributed by atoms with Crippen LogP contribution in [0.3, 0.4) is 0 Å². The summed E-state index contributed by atoms with van der Waals surface area (Å²) in [5, 5.41) is 7.13. The molecule has 0 saturated carbocycles. The summed E-state index contributed by atoms with van der Waals surface area (Å²) in [6, 6.07) is 6.67. The van der Waals surface area contributed by atoms with Gasteiger partial charge in [-0.3, -0.25) is 4.79 Å². The molecule has 9 heteroatoms. The number of hydrogen-bond acceptors (Lipinski definition) is 4. The number of halogens is 4. The number of benzene rings is 1. The topological polar surface area (TPSA) is 57.0 Å². The van der Waals surface area contributed by atoms with Crippen molar-refractivity contribution in [1.82, 2.24) is 15.0 Å². The fourth-order valence-corrected chi connectivity index (χ4v) is 1.65. The summed E-state index contributed by atoms with van der Waals surface area (Å²) in [4.78, 5) is 10.9. The maximum atomic E-state index is 12.2. The van der Waals surface area contributed by atoms with E-state index in [0.717, 1.165) is 10.9 Å². The molecule has 1 aromatic heterocycles. The predicted octanol–water partition coefficient (Wildman–Crippen LogP) is 2.76. The van der Waals surface area contributed by atoms with Crippen LogP contribution < -0.4 is 4.74 Å². The molecule has 0 bridgehead atoms. The minimum Gasteiger partial charge on any atom is -0.492 e. The SMILES string of the molecule is O=C(c1cn(CCOc2cccc(Cl)c2)nn1)C(F)(F)F. The molecule has 0 spiro atoms. The number of carbonyl (C=O) groups is 1. The summed E-state index contributed by atoms with van der Waals surface area (Å²) in [6.07, 6.45) is -4.03. The van der Waals surface area contributed by atoms with Crippen molar-refractivity contribution in [3.63, 3.8) is 0 Å². The molecule has 0 radical (unpaired) electrons. The molecule has 2 aromatic rings. The Kier molecular flexibility index (Phi) is 4.46. The zero-order valence-corrected chi connectivity index (χ0v) is 11.2. The van der Waals surface area contributed by atoms with Crippen LogP contribution in [-0.4, -0.2) is 33.6 Å². The quantitative estimate of drug-likeness (QED) is 0.795. The molecule has 0 aliphatic heterocycles. The standard InChI is InChI=1S/C12H9ClF3N3O2/c13-8-2-1-3-9(6-8)21-5-4-19-7-10(17-18-19)11(20)12(14,15)16/h1-3,6-7H,4-5H2. The molecule has 0 unspecified atom stereocenters. The van der Waals surface area contributed by atoms with Crippen LogP contribution >= 0.6 is 11.6 Å². The Balaban J connectivity index is 1.90. The number of Topliss-reactive ketones (excluding diaryl/α,β-unsaturated/α-hetero) is 1. The number of nitrogens with zero attached hydrogens (tertiary/aromatic N) is 3. The minimum absolute atomic E-state index is 0.142. The first kappa shape index (κ1) is 15.3. The largest absolute Gasteiger partial charge is 0.492 e. The maximum Gasteiger partial charge on any atom is 0.456 e. The van der Waals surface area contributed by atoms with Gasteiger partial charge in [-0.2, -0.15) is 13.2 Å². The molecule has 21 heavy (non-hydrogen) atoms. The molecule has 0 fully saturated rings. The monoisotopic (exact) mass is 319 g/mol. The summed E-state index contributed by atoms with van der Waals surface area (Å²) < 4.78 is 43.0. The predicted molar refractivity (Wildman–Crippen MR) is 67.4 cm³/mol. The fourth-order valence-electron chi connectivity index (χ4n) is 1.47. The van der Waals surface area contributed by atoms with Gasteiger partial charge in [-0.1, -0.05) is 22.9 Å². The zero-order chi connectivity index (χ0) is 15.5. The lowest BCUT2D eigenvalue weighted by Gasteiger charge is -2.05. The molecule has 2 rings (SSSR count). The van der Waals surface area contributed by atoms with Crippen LogP contribution in [0, 0.1) is 0 Å². The molecule has 112 valence electrons. The molecule has 0 N–H and O–H groups in total. The lowest BCUT2D eigenvalue weighted by molar-refractivity contribution is -0.0888. The number of alkyl halides is 3. The summed E-state index contributed by atoms with van der Waals surface area (Å²) in [6.45, 7) is 0.286. The molecule has 0 amide bonds. The van der Waals surface area contributed by atoms with Crippen LogP contribution in [0.2, 0.25) is 5.02 Å². The van der Waals surface area contributed by atoms with Crippen LogP contribution in [0.15, 0.2) is 30.5 Å².